The third kappa shape index (κ3) is 1.68. The summed E-state index contributed by atoms with van der Waals surface area (Å²) in [6.45, 7) is 2.09. The second kappa shape index (κ2) is 3.40. The highest BCUT2D eigenvalue weighted by atomic mass is 32.1. The van der Waals surface area contributed by atoms with Crippen LogP contribution in [0.1, 0.15) is 4.88 Å². The summed E-state index contributed by atoms with van der Waals surface area (Å²) in [5.41, 5.74) is 2.13. The average Bonchev–Trinajstić information content (AvgIpc) is 2.53. The summed E-state index contributed by atoms with van der Waals surface area (Å²) >= 11 is 6.64. The first kappa shape index (κ1) is 8.59. The Hall–Kier alpha value is -1.00. The maximum Gasteiger partial charge on any atom is 0.119 e. The molecule has 66 valence electrons. The molecule has 0 unspecified atom stereocenters. The van der Waals surface area contributed by atoms with Crippen LogP contribution in [0.15, 0.2) is 23.6 Å². The second-order valence-corrected chi connectivity index (χ2v) is 4.26. The number of aromatic amines is 1. The lowest BCUT2D eigenvalue weighted by molar-refractivity contribution is 1.02. The van der Waals surface area contributed by atoms with E-state index in [0.717, 1.165) is 5.69 Å². The summed E-state index contributed by atoms with van der Waals surface area (Å²) in [6, 6.07) is 5.86. The molecule has 0 aliphatic heterocycles. The van der Waals surface area contributed by atoms with Crippen LogP contribution in [0.5, 0.6) is 0 Å². The van der Waals surface area contributed by atoms with Crippen molar-refractivity contribution in [3.05, 3.63) is 33.1 Å². The van der Waals surface area contributed by atoms with Crippen molar-refractivity contribution in [2.24, 2.45) is 0 Å². The van der Waals surface area contributed by atoms with E-state index in [1.165, 1.54) is 10.4 Å². The Bertz CT molecular complexity index is 450. The predicted octanol–water partition coefficient (Wildman–Crippen LogP) is 3.18. The van der Waals surface area contributed by atoms with Gasteiger partial charge in [0.2, 0.25) is 0 Å². The third-order valence-electron chi connectivity index (χ3n) is 1.81. The molecule has 4 heteroatoms. The number of aryl methyl sites for hydroxylation is 1. The van der Waals surface area contributed by atoms with Crippen molar-refractivity contribution >= 4 is 23.6 Å². The molecule has 0 atom stereocenters. The van der Waals surface area contributed by atoms with Gasteiger partial charge in [0.25, 0.3) is 0 Å². The zero-order chi connectivity index (χ0) is 9.26. The average molecular weight is 208 g/mol. The molecular weight excluding hydrogens is 200 g/mol. The summed E-state index contributed by atoms with van der Waals surface area (Å²) < 4.78 is 0.664. The minimum absolute atomic E-state index is 0.664. The van der Waals surface area contributed by atoms with Crippen LogP contribution in [-0.2, 0) is 0 Å². The minimum Gasteiger partial charge on any atom is -0.267 e. The summed E-state index contributed by atoms with van der Waals surface area (Å²) in [6.07, 6.45) is 0. The molecule has 0 bridgehead atoms. The standard InChI is InChI=1S/C9H8N2S2/c1-6-7(4-5-13-6)8-2-3-9(12)11-10-8/h2-5H,1H3,(H,11,12). The molecule has 0 aliphatic rings. The van der Waals surface area contributed by atoms with E-state index in [9.17, 15) is 0 Å². The Morgan fingerprint density at radius 3 is 2.77 bits per heavy atom. The van der Waals surface area contributed by atoms with Crippen molar-refractivity contribution in [1.82, 2.24) is 10.2 Å². The van der Waals surface area contributed by atoms with Crippen molar-refractivity contribution < 1.29 is 0 Å². The topological polar surface area (TPSA) is 28.7 Å². The van der Waals surface area contributed by atoms with Crippen LogP contribution in [0.25, 0.3) is 11.3 Å². The van der Waals surface area contributed by atoms with Gasteiger partial charge in [-0.2, -0.15) is 5.10 Å². The van der Waals surface area contributed by atoms with Crippen molar-refractivity contribution in [1.29, 1.82) is 0 Å². The first-order valence-electron chi connectivity index (χ1n) is 3.87. The maximum atomic E-state index is 4.92. The highest BCUT2D eigenvalue weighted by Gasteiger charge is 2.02. The van der Waals surface area contributed by atoms with E-state index < -0.39 is 0 Å². The lowest BCUT2D eigenvalue weighted by atomic mass is 10.2. The summed E-state index contributed by atoms with van der Waals surface area (Å²) in [5, 5.41) is 9.01. The van der Waals surface area contributed by atoms with E-state index in [1.807, 2.05) is 12.1 Å². The van der Waals surface area contributed by atoms with Crippen LogP contribution in [0.3, 0.4) is 0 Å². The Morgan fingerprint density at radius 2 is 2.23 bits per heavy atom. The number of hydrogen-bond acceptors (Lipinski definition) is 3. The van der Waals surface area contributed by atoms with Crippen molar-refractivity contribution in [3.63, 3.8) is 0 Å². The van der Waals surface area contributed by atoms with Gasteiger partial charge in [0.1, 0.15) is 4.64 Å². The number of nitrogens with one attached hydrogen (secondary N) is 1. The Balaban J connectivity index is 2.53. The van der Waals surface area contributed by atoms with Crippen molar-refractivity contribution in [2.45, 2.75) is 6.92 Å². The van der Waals surface area contributed by atoms with Crippen LogP contribution in [-0.4, -0.2) is 10.2 Å². The van der Waals surface area contributed by atoms with Crippen LogP contribution in [0, 0.1) is 11.6 Å². The van der Waals surface area contributed by atoms with Crippen molar-refractivity contribution in [3.8, 4) is 11.3 Å². The molecule has 2 aromatic rings. The van der Waals surface area contributed by atoms with Gasteiger partial charge in [0, 0.05) is 10.4 Å². The van der Waals surface area contributed by atoms with Gasteiger partial charge in [0.05, 0.1) is 5.69 Å². The normalized spacial score (nSPS) is 10.2. The monoisotopic (exact) mass is 208 g/mol. The zero-order valence-corrected chi connectivity index (χ0v) is 8.71. The fraction of sp³-hybridized carbons (Fsp3) is 0.111. The molecule has 0 saturated heterocycles. The van der Waals surface area contributed by atoms with E-state index in [4.69, 9.17) is 12.2 Å². The van der Waals surface area contributed by atoms with Gasteiger partial charge in [0.15, 0.2) is 0 Å². The van der Waals surface area contributed by atoms with Gasteiger partial charge in [-0.05, 0) is 30.5 Å². The Morgan fingerprint density at radius 1 is 1.38 bits per heavy atom. The predicted molar refractivity (Wildman–Crippen MR) is 57.5 cm³/mol. The van der Waals surface area contributed by atoms with Crippen LogP contribution < -0.4 is 0 Å². The van der Waals surface area contributed by atoms with Gasteiger partial charge >= 0.3 is 0 Å². The van der Waals surface area contributed by atoms with E-state index >= 15 is 0 Å². The summed E-state index contributed by atoms with van der Waals surface area (Å²) in [4.78, 5) is 1.28. The first-order chi connectivity index (χ1) is 6.27. The van der Waals surface area contributed by atoms with Gasteiger partial charge in [-0.1, -0.05) is 12.2 Å². The number of rotatable bonds is 1. The fourth-order valence-corrected chi connectivity index (χ4v) is 1.97. The quantitative estimate of drug-likeness (QED) is 0.729. The molecule has 0 spiro atoms. The van der Waals surface area contributed by atoms with E-state index in [2.05, 4.69) is 28.6 Å². The zero-order valence-electron chi connectivity index (χ0n) is 7.07. The van der Waals surface area contributed by atoms with E-state index in [1.54, 1.807) is 11.3 Å². The molecule has 0 radical (unpaired) electrons. The molecule has 2 rings (SSSR count). The Labute approximate surface area is 85.3 Å². The molecule has 13 heavy (non-hydrogen) atoms. The van der Waals surface area contributed by atoms with Gasteiger partial charge in [-0.25, -0.2) is 0 Å². The Kier molecular flexibility index (Phi) is 2.24. The van der Waals surface area contributed by atoms with Crippen LogP contribution >= 0.6 is 23.6 Å². The number of hydrogen-bond donors (Lipinski definition) is 1. The summed E-state index contributed by atoms with van der Waals surface area (Å²) in [5.74, 6) is 0. The second-order valence-electron chi connectivity index (χ2n) is 2.70. The molecule has 0 fully saturated rings. The molecule has 2 aromatic heterocycles. The molecule has 2 nitrogen and oxygen atoms in total. The lowest BCUT2D eigenvalue weighted by Crippen LogP contribution is -1.86. The van der Waals surface area contributed by atoms with Crippen LogP contribution in [0.4, 0.5) is 0 Å². The highest BCUT2D eigenvalue weighted by Crippen LogP contribution is 2.24. The number of thiophene rings is 1. The third-order valence-corrected chi connectivity index (χ3v) is 2.89. The summed E-state index contributed by atoms with van der Waals surface area (Å²) in [7, 11) is 0. The molecular formula is C9H8N2S2. The van der Waals surface area contributed by atoms with E-state index in [0.29, 0.717) is 4.64 Å². The molecule has 1 N–H and O–H groups in total. The van der Waals surface area contributed by atoms with E-state index in [-0.39, 0.29) is 0 Å². The molecule has 0 aliphatic carbocycles. The first-order valence-corrected chi connectivity index (χ1v) is 5.16. The smallest absolute Gasteiger partial charge is 0.119 e. The molecule has 2 heterocycles. The SMILES string of the molecule is Cc1sccc1-c1ccc(=S)[nH]n1. The van der Waals surface area contributed by atoms with Crippen molar-refractivity contribution in [2.75, 3.05) is 0 Å². The van der Waals surface area contributed by atoms with Crippen LogP contribution in [0.2, 0.25) is 0 Å². The number of aromatic nitrogens is 2. The van der Waals surface area contributed by atoms with Gasteiger partial charge in [-0.3, -0.25) is 5.10 Å². The number of H-pyrrole nitrogens is 1. The molecule has 0 amide bonds. The largest absolute Gasteiger partial charge is 0.267 e. The minimum atomic E-state index is 0.664. The molecule has 0 aromatic carbocycles. The van der Waals surface area contributed by atoms with Gasteiger partial charge in [-0.15, -0.1) is 11.3 Å². The lowest BCUT2D eigenvalue weighted by Gasteiger charge is -1.96. The highest BCUT2D eigenvalue weighted by molar-refractivity contribution is 7.71. The number of nitrogens with zero attached hydrogens (tertiary/aromatic N) is 1. The molecule has 0 saturated carbocycles. The fourth-order valence-electron chi connectivity index (χ4n) is 1.15. The maximum absolute atomic E-state index is 4.92. The van der Waals surface area contributed by atoms with Gasteiger partial charge < -0.3 is 0 Å².